The Balaban J connectivity index is 1.87. The van der Waals surface area contributed by atoms with Crippen molar-refractivity contribution < 1.29 is 13.2 Å². The lowest BCUT2D eigenvalue weighted by atomic mass is 10.1. The quantitative estimate of drug-likeness (QED) is 0.806. The molecule has 0 radical (unpaired) electrons. The van der Waals surface area contributed by atoms with Crippen molar-refractivity contribution >= 4 is 33.0 Å². The Bertz CT molecular complexity index is 848. The van der Waals surface area contributed by atoms with Crippen LogP contribution >= 0.6 is 11.6 Å². The van der Waals surface area contributed by atoms with Gasteiger partial charge in [0.25, 0.3) is 10.0 Å². The van der Waals surface area contributed by atoms with E-state index in [9.17, 15) is 8.42 Å². The van der Waals surface area contributed by atoms with Crippen LogP contribution in [0.1, 0.15) is 18.9 Å². The molecule has 3 rings (SSSR count). The van der Waals surface area contributed by atoms with E-state index in [0.717, 1.165) is 24.1 Å². The lowest BCUT2D eigenvalue weighted by Crippen LogP contribution is -2.36. The fraction of sp³-hybridized carbons (Fsp3) is 0.368. The third-order valence-corrected chi connectivity index (χ3v) is 5.94. The zero-order valence-corrected chi connectivity index (χ0v) is 16.3. The molecule has 0 amide bonds. The van der Waals surface area contributed by atoms with Crippen LogP contribution in [0.3, 0.4) is 0 Å². The molecule has 0 aliphatic carbocycles. The van der Waals surface area contributed by atoms with Gasteiger partial charge in [-0.1, -0.05) is 37.1 Å². The molecule has 0 saturated carbocycles. The van der Waals surface area contributed by atoms with Gasteiger partial charge >= 0.3 is 0 Å². The minimum atomic E-state index is -3.69. The van der Waals surface area contributed by atoms with Crippen LogP contribution in [0.5, 0.6) is 0 Å². The molecular formula is C19H23ClN2O3S. The van der Waals surface area contributed by atoms with Gasteiger partial charge in [-0.25, -0.2) is 8.42 Å². The second-order valence-electron chi connectivity index (χ2n) is 6.26. The smallest absolute Gasteiger partial charge is 0.261 e. The first-order chi connectivity index (χ1) is 12.5. The van der Waals surface area contributed by atoms with E-state index in [1.54, 1.807) is 24.3 Å². The number of hydrogen-bond acceptors (Lipinski definition) is 4. The van der Waals surface area contributed by atoms with Gasteiger partial charge < -0.3 is 9.64 Å². The summed E-state index contributed by atoms with van der Waals surface area (Å²) in [6.07, 6.45) is 1.96. The molecule has 0 bridgehead atoms. The van der Waals surface area contributed by atoms with Crippen LogP contribution in [0.4, 0.5) is 11.4 Å². The first-order valence-electron chi connectivity index (χ1n) is 8.73. The Morgan fingerprint density at radius 2 is 1.81 bits per heavy atom. The molecule has 1 N–H and O–H groups in total. The maximum Gasteiger partial charge on any atom is 0.261 e. The van der Waals surface area contributed by atoms with Crippen molar-refractivity contribution in [1.29, 1.82) is 0 Å². The van der Waals surface area contributed by atoms with E-state index in [1.165, 1.54) is 0 Å². The van der Waals surface area contributed by atoms with Gasteiger partial charge in [0.15, 0.2) is 0 Å². The number of rotatable bonds is 6. The van der Waals surface area contributed by atoms with E-state index in [4.69, 9.17) is 16.3 Å². The van der Waals surface area contributed by atoms with Crippen LogP contribution in [0, 0.1) is 0 Å². The number of aryl methyl sites for hydroxylation is 1. The Morgan fingerprint density at radius 1 is 1.12 bits per heavy atom. The van der Waals surface area contributed by atoms with Gasteiger partial charge in [0.2, 0.25) is 0 Å². The second-order valence-corrected chi connectivity index (χ2v) is 8.38. The summed E-state index contributed by atoms with van der Waals surface area (Å²) in [7, 11) is -3.69. The maximum atomic E-state index is 12.8. The molecule has 1 aliphatic heterocycles. The number of morpholine rings is 1. The summed E-state index contributed by atoms with van der Waals surface area (Å²) in [6, 6.07) is 12.3. The molecular weight excluding hydrogens is 372 g/mol. The largest absolute Gasteiger partial charge is 0.378 e. The number of sulfonamides is 1. The van der Waals surface area contributed by atoms with Gasteiger partial charge in [-0.2, -0.15) is 0 Å². The first-order valence-corrected chi connectivity index (χ1v) is 10.6. The van der Waals surface area contributed by atoms with Crippen LogP contribution in [0.2, 0.25) is 5.02 Å². The highest BCUT2D eigenvalue weighted by atomic mass is 35.5. The highest BCUT2D eigenvalue weighted by Gasteiger charge is 2.20. The molecule has 26 heavy (non-hydrogen) atoms. The summed E-state index contributed by atoms with van der Waals surface area (Å²) in [5.74, 6) is 0. The lowest BCUT2D eigenvalue weighted by molar-refractivity contribution is 0.123. The second kappa shape index (κ2) is 8.29. The first kappa shape index (κ1) is 19.0. The van der Waals surface area contributed by atoms with Gasteiger partial charge in [0, 0.05) is 18.1 Å². The molecule has 0 atom stereocenters. The normalized spacial score (nSPS) is 15.1. The van der Waals surface area contributed by atoms with Crippen LogP contribution in [-0.2, 0) is 21.2 Å². The zero-order valence-electron chi connectivity index (χ0n) is 14.7. The Labute approximate surface area is 160 Å². The van der Waals surface area contributed by atoms with Crippen LogP contribution < -0.4 is 9.62 Å². The average molecular weight is 395 g/mol. The number of ether oxygens (including phenoxy) is 1. The van der Waals surface area contributed by atoms with Crippen molar-refractivity contribution in [3.8, 4) is 0 Å². The van der Waals surface area contributed by atoms with E-state index in [2.05, 4.69) is 16.5 Å². The molecule has 2 aromatic carbocycles. The third kappa shape index (κ3) is 4.50. The standard InChI is InChI=1S/C19H23ClN2O3S/c1-2-3-15-4-7-17(8-5-15)26(23,24)21-18-14-16(20)6-9-19(18)22-10-12-25-13-11-22/h4-9,14,21H,2-3,10-13H2,1H3. The van der Waals surface area contributed by atoms with Gasteiger partial charge in [-0.05, 0) is 42.3 Å². The fourth-order valence-electron chi connectivity index (χ4n) is 3.00. The predicted molar refractivity (Wildman–Crippen MR) is 106 cm³/mol. The van der Waals surface area contributed by atoms with Gasteiger partial charge in [-0.3, -0.25) is 4.72 Å². The van der Waals surface area contributed by atoms with E-state index in [-0.39, 0.29) is 4.90 Å². The number of hydrogen-bond donors (Lipinski definition) is 1. The highest BCUT2D eigenvalue weighted by Crippen LogP contribution is 2.31. The SMILES string of the molecule is CCCc1ccc(S(=O)(=O)Nc2cc(Cl)ccc2N2CCOCC2)cc1. The summed E-state index contributed by atoms with van der Waals surface area (Å²) in [5.41, 5.74) is 2.42. The minimum absolute atomic E-state index is 0.241. The lowest BCUT2D eigenvalue weighted by Gasteiger charge is -2.30. The Morgan fingerprint density at radius 3 is 2.46 bits per heavy atom. The monoisotopic (exact) mass is 394 g/mol. The van der Waals surface area contributed by atoms with Gasteiger partial charge in [-0.15, -0.1) is 0 Å². The van der Waals surface area contributed by atoms with Crippen LogP contribution in [-0.4, -0.2) is 34.7 Å². The van der Waals surface area contributed by atoms with E-state index in [0.29, 0.717) is 37.0 Å². The Kier molecular flexibility index (Phi) is 6.06. The molecule has 2 aromatic rings. The molecule has 140 valence electrons. The van der Waals surface area contributed by atoms with Crippen molar-refractivity contribution in [3.05, 3.63) is 53.1 Å². The summed E-state index contributed by atoms with van der Waals surface area (Å²) < 4.78 is 33.7. The van der Waals surface area contributed by atoms with Gasteiger partial charge in [0.05, 0.1) is 29.5 Å². The topological polar surface area (TPSA) is 58.6 Å². The van der Waals surface area contributed by atoms with Crippen molar-refractivity contribution in [1.82, 2.24) is 0 Å². The highest BCUT2D eigenvalue weighted by molar-refractivity contribution is 7.92. The van der Waals surface area contributed by atoms with Crippen LogP contribution in [0.15, 0.2) is 47.4 Å². The minimum Gasteiger partial charge on any atom is -0.378 e. The molecule has 1 fully saturated rings. The Hall–Kier alpha value is -1.76. The van der Waals surface area contributed by atoms with E-state index >= 15 is 0 Å². The predicted octanol–water partition coefficient (Wildman–Crippen LogP) is 3.93. The number of anilines is 2. The molecule has 0 unspecified atom stereocenters. The van der Waals surface area contributed by atoms with Crippen molar-refractivity contribution in [2.45, 2.75) is 24.7 Å². The van der Waals surface area contributed by atoms with Crippen molar-refractivity contribution in [2.75, 3.05) is 35.9 Å². The number of nitrogens with zero attached hydrogens (tertiary/aromatic N) is 1. The molecule has 5 nitrogen and oxygen atoms in total. The molecule has 0 spiro atoms. The van der Waals surface area contributed by atoms with Crippen LogP contribution in [0.25, 0.3) is 0 Å². The molecule has 1 heterocycles. The summed E-state index contributed by atoms with van der Waals surface area (Å²) in [5, 5.41) is 0.484. The number of halogens is 1. The summed E-state index contributed by atoms with van der Waals surface area (Å²) in [4.78, 5) is 2.34. The van der Waals surface area contributed by atoms with Gasteiger partial charge in [0.1, 0.15) is 0 Å². The fourth-order valence-corrected chi connectivity index (χ4v) is 4.24. The van der Waals surface area contributed by atoms with Crippen molar-refractivity contribution in [3.63, 3.8) is 0 Å². The molecule has 1 aliphatic rings. The summed E-state index contributed by atoms with van der Waals surface area (Å²) in [6.45, 7) is 4.75. The van der Waals surface area contributed by atoms with E-state index in [1.807, 2.05) is 18.2 Å². The summed E-state index contributed by atoms with van der Waals surface area (Å²) >= 11 is 6.11. The zero-order chi connectivity index (χ0) is 18.6. The maximum absolute atomic E-state index is 12.8. The number of benzene rings is 2. The van der Waals surface area contributed by atoms with Crippen molar-refractivity contribution in [2.24, 2.45) is 0 Å². The average Bonchev–Trinajstić information content (AvgIpc) is 2.63. The molecule has 0 aromatic heterocycles. The third-order valence-electron chi connectivity index (χ3n) is 4.33. The van der Waals surface area contributed by atoms with E-state index < -0.39 is 10.0 Å². The molecule has 7 heteroatoms. The number of nitrogens with one attached hydrogen (secondary N) is 1. The molecule has 1 saturated heterocycles.